The number of carboxylic acid groups (broad SMARTS) is 1. The molecule has 0 aliphatic carbocycles. The van der Waals surface area contributed by atoms with E-state index in [1.165, 1.54) is 23.9 Å². The lowest BCUT2D eigenvalue weighted by Crippen LogP contribution is -2.03. The highest BCUT2D eigenvalue weighted by Gasteiger charge is 2.20. The largest absolute Gasteiger partial charge is 0.477 e. The van der Waals surface area contributed by atoms with E-state index in [1.54, 1.807) is 6.07 Å². The minimum Gasteiger partial charge on any atom is -0.477 e. The third-order valence-corrected chi connectivity index (χ3v) is 2.76. The molecule has 86 valence electrons. The lowest BCUT2D eigenvalue weighted by Gasteiger charge is -2.05. The Balaban J connectivity index is 3.17. The molecule has 5 nitrogen and oxygen atoms in total. The van der Waals surface area contributed by atoms with Gasteiger partial charge >= 0.3 is 5.97 Å². The summed E-state index contributed by atoms with van der Waals surface area (Å²) < 4.78 is 0. The molecule has 0 aromatic heterocycles. The second-order valence-corrected chi connectivity index (χ2v) is 5.06. The fourth-order valence-electron chi connectivity index (χ4n) is 1.19. The first-order valence-corrected chi connectivity index (χ1v) is 5.48. The summed E-state index contributed by atoms with van der Waals surface area (Å²) in [7, 11) is 0. The van der Waals surface area contributed by atoms with Crippen LogP contribution in [0.25, 0.3) is 0 Å². The van der Waals surface area contributed by atoms with Gasteiger partial charge in [0.15, 0.2) is 0 Å². The standard InChI is InChI=1S/C10H11NO4S/c1-6(2)16-7-3-4-9(11(14)15)8(5-7)10(12)13/h3-6H,1-2H3,(H,12,13). The van der Waals surface area contributed by atoms with Crippen molar-refractivity contribution in [3.05, 3.63) is 33.9 Å². The molecule has 1 aromatic carbocycles. The number of carboxylic acids is 1. The van der Waals surface area contributed by atoms with E-state index in [1.807, 2.05) is 13.8 Å². The first-order chi connectivity index (χ1) is 7.41. The van der Waals surface area contributed by atoms with Gasteiger partial charge in [-0.15, -0.1) is 11.8 Å². The molecule has 0 spiro atoms. The summed E-state index contributed by atoms with van der Waals surface area (Å²) in [6.45, 7) is 3.93. The van der Waals surface area contributed by atoms with Gasteiger partial charge in [-0.05, 0) is 12.1 Å². The number of thioether (sulfide) groups is 1. The van der Waals surface area contributed by atoms with Crippen LogP contribution in [0.2, 0.25) is 0 Å². The molecule has 0 aliphatic rings. The van der Waals surface area contributed by atoms with Crippen molar-refractivity contribution in [3.8, 4) is 0 Å². The van der Waals surface area contributed by atoms with E-state index in [2.05, 4.69) is 0 Å². The van der Waals surface area contributed by atoms with Crippen LogP contribution in [0.5, 0.6) is 0 Å². The number of rotatable bonds is 4. The number of nitrogens with zero attached hydrogens (tertiary/aromatic N) is 1. The van der Waals surface area contributed by atoms with Crippen molar-refractivity contribution in [3.63, 3.8) is 0 Å². The van der Waals surface area contributed by atoms with Gasteiger partial charge in [-0.2, -0.15) is 0 Å². The van der Waals surface area contributed by atoms with E-state index in [4.69, 9.17) is 5.11 Å². The Morgan fingerprint density at radius 3 is 2.56 bits per heavy atom. The zero-order chi connectivity index (χ0) is 12.3. The van der Waals surface area contributed by atoms with Crippen LogP contribution in [-0.4, -0.2) is 21.2 Å². The zero-order valence-electron chi connectivity index (χ0n) is 8.84. The third-order valence-electron chi connectivity index (χ3n) is 1.77. The second-order valence-electron chi connectivity index (χ2n) is 3.41. The summed E-state index contributed by atoms with van der Waals surface area (Å²) >= 11 is 1.46. The van der Waals surface area contributed by atoms with E-state index >= 15 is 0 Å². The van der Waals surface area contributed by atoms with E-state index < -0.39 is 10.9 Å². The van der Waals surface area contributed by atoms with Crippen LogP contribution in [0.15, 0.2) is 23.1 Å². The molecule has 0 unspecified atom stereocenters. The average molecular weight is 241 g/mol. The first-order valence-electron chi connectivity index (χ1n) is 4.60. The Bertz CT molecular complexity index is 431. The fraction of sp³-hybridized carbons (Fsp3) is 0.300. The van der Waals surface area contributed by atoms with Gasteiger partial charge in [0.1, 0.15) is 5.56 Å². The number of carbonyl (C=O) groups is 1. The van der Waals surface area contributed by atoms with Crippen molar-refractivity contribution in [2.75, 3.05) is 0 Å². The molecule has 0 bridgehead atoms. The summed E-state index contributed by atoms with van der Waals surface area (Å²) in [6.07, 6.45) is 0. The topological polar surface area (TPSA) is 80.4 Å². The predicted octanol–water partition coefficient (Wildman–Crippen LogP) is 2.79. The molecule has 1 aromatic rings. The molecule has 0 atom stereocenters. The van der Waals surface area contributed by atoms with Crippen LogP contribution in [-0.2, 0) is 0 Å². The number of benzene rings is 1. The SMILES string of the molecule is CC(C)Sc1ccc([N+](=O)[O-])c(C(=O)O)c1. The summed E-state index contributed by atoms with van der Waals surface area (Å²) in [5.74, 6) is -1.28. The number of hydrogen-bond acceptors (Lipinski definition) is 4. The van der Waals surface area contributed by atoms with Crippen LogP contribution in [0.1, 0.15) is 24.2 Å². The van der Waals surface area contributed by atoms with Gasteiger partial charge in [0.05, 0.1) is 4.92 Å². The molecule has 1 N–H and O–H groups in total. The molecular weight excluding hydrogens is 230 g/mol. The lowest BCUT2D eigenvalue weighted by atomic mass is 10.2. The summed E-state index contributed by atoms with van der Waals surface area (Å²) in [4.78, 5) is 21.5. The third kappa shape index (κ3) is 2.96. The highest BCUT2D eigenvalue weighted by Crippen LogP contribution is 2.28. The Hall–Kier alpha value is -1.56. The van der Waals surface area contributed by atoms with Crippen molar-refractivity contribution in [2.24, 2.45) is 0 Å². The van der Waals surface area contributed by atoms with Gasteiger partial charge < -0.3 is 5.11 Å². The van der Waals surface area contributed by atoms with Crippen molar-refractivity contribution >= 4 is 23.4 Å². The zero-order valence-corrected chi connectivity index (χ0v) is 9.65. The van der Waals surface area contributed by atoms with Crippen molar-refractivity contribution in [2.45, 2.75) is 24.0 Å². The molecule has 0 heterocycles. The minimum absolute atomic E-state index is 0.268. The molecule has 0 saturated heterocycles. The minimum atomic E-state index is -1.28. The molecule has 6 heteroatoms. The van der Waals surface area contributed by atoms with E-state index in [0.29, 0.717) is 5.25 Å². The van der Waals surface area contributed by atoms with Gasteiger partial charge in [-0.25, -0.2) is 4.79 Å². The van der Waals surface area contributed by atoms with E-state index in [9.17, 15) is 14.9 Å². The summed E-state index contributed by atoms with van der Waals surface area (Å²) in [5.41, 5.74) is -0.642. The Morgan fingerprint density at radius 2 is 2.12 bits per heavy atom. The fourth-order valence-corrected chi connectivity index (χ4v) is 2.07. The Kier molecular flexibility index (Phi) is 3.89. The van der Waals surface area contributed by atoms with Crippen LogP contribution < -0.4 is 0 Å². The molecule has 16 heavy (non-hydrogen) atoms. The molecule has 0 amide bonds. The van der Waals surface area contributed by atoms with Gasteiger partial charge in [0.2, 0.25) is 0 Å². The monoisotopic (exact) mass is 241 g/mol. The Morgan fingerprint density at radius 1 is 1.50 bits per heavy atom. The van der Waals surface area contributed by atoms with Crippen molar-refractivity contribution in [1.82, 2.24) is 0 Å². The Labute approximate surface area is 96.6 Å². The van der Waals surface area contributed by atoms with Crippen LogP contribution in [0, 0.1) is 10.1 Å². The maximum absolute atomic E-state index is 10.9. The highest BCUT2D eigenvalue weighted by molar-refractivity contribution is 7.99. The van der Waals surface area contributed by atoms with Gasteiger partial charge in [0.25, 0.3) is 5.69 Å². The van der Waals surface area contributed by atoms with E-state index in [-0.39, 0.29) is 11.3 Å². The molecule has 0 radical (unpaired) electrons. The second kappa shape index (κ2) is 4.98. The number of nitro groups is 1. The predicted molar refractivity (Wildman–Crippen MR) is 61.0 cm³/mol. The first kappa shape index (κ1) is 12.5. The maximum atomic E-state index is 10.9. The summed E-state index contributed by atoms with van der Waals surface area (Å²) in [5, 5.41) is 19.7. The molecule has 0 saturated carbocycles. The highest BCUT2D eigenvalue weighted by atomic mass is 32.2. The maximum Gasteiger partial charge on any atom is 0.342 e. The quantitative estimate of drug-likeness (QED) is 0.498. The molecule has 1 rings (SSSR count). The van der Waals surface area contributed by atoms with Crippen molar-refractivity contribution < 1.29 is 14.8 Å². The normalized spacial score (nSPS) is 10.4. The molecule has 0 fully saturated rings. The van der Waals surface area contributed by atoms with Crippen LogP contribution >= 0.6 is 11.8 Å². The number of nitro benzene ring substituents is 1. The molecule has 0 aliphatic heterocycles. The van der Waals surface area contributed by atoms with Crippen molar-refractivity contribution in [1.29, 1.82) is 0 Å². The smallest absolute Gasteiger partial charge is 0.342 e. The van der Waals surface area contributed by atoms with Gasteiger partial charge in [-0.1, -0.05) is 13.8 Å². The van der Waals surface area contributed by atoms with Gasteiger partial charge in [0, 0.05) is 16.2 Å². The lowest BCUT2D eigenvalue weighted by molar-refractivity contribution is -0.385. The van der Waals surface area contributed by atoms with E-state index in [0.717, 1.165) is 4.90 Å². The summed E-state index contributed by atoms with van der Waals surface area (Å²) in [6, 6.07) is 4.13. The molecular formula is C10H11NO4S. The van der Waals surface area contributed by atoms with Crippen LogP contribution in [0.3, 0.4) is 0 Å². The number of hydrogen-bond donors (Lipinski definition) is 1. The average Bonchev–Trinajstić information content (AvgIpc) is 2.16. The van der Waals surface area contributed by atoms with Crippen LogP contribution in [0.4, 0.5) is 5.69 Å². The number of aromatic carboxylic acids is 1. The van der Waals surface area contributed by atoms with Gasteiger partial charge in [-0.3, -0.25) is 10.1 Å².